The molecule has 3 nitrogen and oxygen atoms in total. The van der Waals surface area contributed by atoms with Crippen LogP contribution in [-0.2, 0) is 9.84 Å². The van der Waals surface area contributed by atoms with Crippen molar-refractivity contribution in [2.24, 2.45) is 0 Å². The second kappa shape index (κ2) is 5.95. The summed E-state index contributed by atoms with van der Waals surface area (Å²) in [5.41, 5.74) is 1.47. The van der Waals surface area contributed by atoms with Crippen molar-refractivity contribution in [3.63, 3.8) is 0 Å². The molecule has 2 aromatic carbocycles. The van der Waals surface area contributed by atoms with E-state index in [0.717, 1.165) is 5.56 Å². The molecule has 1 N–H and O–H groups in total. The number of hydrogen-bond acceptors (Lipinski definition) is 3. The number of benzene rings is 2. The topological polar surface area (TPSA) is 54.4 Å². The van der Waals surface area contributed by atoms with Gasteiger partial charge in [0.1, 0.15) is 0 Å². The highest BCUT2D eigenvalue weighted by Gasteiger charge is 2.23. The van der Waals surface area contributed by atoms with Gasteiger partial charge in [0.05, 0.1) is 21.8 Å². The van der Waals surface area contributed by atoms with E-state index in [9.17, 15) is 13.5 Å². The summed E-state index contributed by atoms with van der Waals surface area (Å²) >= 11 is 5.91. The number of sulfone groups is 1. The Morgan fingerprint density at radius 3 is 2.35 bits per heavy atom. The molecule has 0 saturated carbocycles. The first-order chi connectivity index (χ1) is 9.42. The summed E-state index contributed by atoms with van der Waals surface area (Å²) in [6.07, 6.45) is -1.07. The molecular weight excluding hydrogens is 296 g/mol. The Labute approximate surface area is 123 Å². The largest absolute Gasteiger partial charge is 0.387 e. The van der Waals surface area contributed by atoms with Gasteiger partial charge in [0.2, 0.25) is 0 Å². The summed E-state index contributed by atoms with van der Waals surface area (Å²) in [5.74, 6) is -0.387. The van der Waals surface area contributed by atoms with Crippen molar-refractivity contribution in [2.45, 2.75) is 17.9 Å². The quantitative estimate of drug-likeness (QED) is 0.943. The lowest BCUT2D eigenvalue weighted by molar-refractivity contribution is 0.201. The average molecular weight is 311 g/mol. The molecule has 0 aromatic heterocycles. The standard InChI is InChI=1S/C15H15ClO3S/c1-11-6-2-3-7-12(11)14(17)10-20(18,19)15-9-5-4-8-13(15)16/h2-9,14,17H,10H2,1H3. The van der Waals surface area contributed by atoms with Crippen molar-refractivity contribution < 1.29 is 13.5 Å². The van der Waals surface area contributed by atoms with Crippen LogP contribution >= 0.6 is 11.6 Å². The first-order valence-corrected chi connectivity index (χ1v) is 8.16. The van der Waals surface area contributed by atoms with Crippen LogP contribution in [0.1, 0.15) is 17.2 Å². The number of aliphatic hydroxyl groups is 1. The molecule has 0 aliphatic heterocycles. The second-order valence-corrected chi connectivity index (χ2v) is 6.99. The van der Waals surface area contributed by atoms with Crippen molar-refractivity contribution in [3.8, 4) is 0 Å². The molecule has 0 amide bonds. The van der Waals surface area contributed by atoms with Gasteiger partial charge in [-0.05, 0) is 30.2 Å². The maximum Gasteiger partial charge on any atom is 0.182 e. The van der Waals surface area contributed by atoms with Gasteiger partial charge >= 0.3 is 0 Å². The van der Waals surface area contributed by atoms with Gasteiger partial charge in [-0.2, -0.15) is 0 Å². The zero-order chi connectivity index (χ0) is 14.8. The summed E-state index contributed by atoms with van der Waals surface area (Å²) in [4.78, 5) is 0.0503. The monoisotopic (exact) mass is 310 g/mol. The minimum atomic E-state index is -3.64. The summed E-state index contributed by atoms with van der Waals surface area (Å²) in [6, 6.07) is 13.4. The zero-order valence-electron chi connectivity index (χ0n) is 11.0. The first-order valence-electron chi connectivity index (χ1n) is 6.12. The fourth-order valence-electron chi connectivity index (χ4n) is 2.05. The van der Waals surface area contributed by atoms with Gasteiger partial charge in [0.15, 0.2) is 9.84 Å². The third-order valence-corrected chi connectivity index (χ3v) is 5.32. The van der Waals surface area contributed by atoms with Crippen LogP contribution in [0.5, 0.6) is 0 Å². The fourth-order valence-corrected chi connectivity index (χ4v) is 3.96. The lowest BCUT2D eigenvalue weighted by atomic mass is 10.1. The van der Waals surface area contributed by atoms with E-state index in [0.29, 0.717) is 5.56 Å². The Morgan fingerprint density at radius 2 is 1.70 bits per heavy atom. The van der Waals surface area contributed by atoms with Crippen LogP contribution in [0.15, 0.2) is 53.4 Å². The summed E-state index contributed by atoms with van der Waals surface area (Å²) in [5, 5.41) is 10.3. The van der Waals surface area contributed by atoms with Crippen LogP contribution in [0.25, 0.3) is 0 Å². The maximum atomic E-state index is 12.3. The van der Waals surface area contributed by atoms with E-state index in [4.69, 9.17) is 11.6 Å². The molecule has 0 radical (unpaired) electrons. The predicted octanol–water partition coefficient (Wildman–Crippen LogP) is 3.16. The normalized spacial score (nSPS) is 13.2. The molecule has 1 atom stereocenters. The number of rotatable bonds is 4. The molecule has 0 spiro atoms. The number of aliphatic hydroxyl groups excluding tert-OH is 1. The Kier molecular flexibility index (Phi) is 4.48. The second-order valence-electron chi connectivity index (χ2n) is 4.58. The molecule has 5 heteroatoms. The summed E-state index contributed by atoms with van der Waals surface area (Å²) < 4.78 is 24.6. The molecule has 0 heterocycles. The Balaban J connectivity index is 2.30. The molecule has 0 aliphatic carbocycles. The van der Waals surface area contributed by atoms with Crippen LogP contribution in [0.3, 0.4) is 0 Å². The van der Waals surface area contributed by atoms with Crippen LogP contribution < -0.4 is 0 Å². The van der Waals surface area contributed by atoms with E-state index in [2.05, 4.69) is 0 Å². The van der Waals surface area contributed by atoms with Gasteiger partial charge in [-0.1, -0.05) is 48.0 Å². The van der Waals surface area contributed by atoms with Crippen molar-refractivity contribution in [2.75, 3.05) is 5.75 Å². The van der Waals surface area contributed by atoms with E-state index in [1.54, 1.807) is 24.3 Å². The fraction of sp³-hybridized carbons (Fsp3) is 0.200. The van der Waals surface area contributed by atoms with Crippen molar-refractivity contribution >= 4 is 21.4 Å². The number of hydrogen-bond donors (Lipinski definition) is 1. The summed E-state index contributed by atoms with van der Waals surface area (Å²) in [7, 11) is -3.64. The van der Waals surface area contributed by atoms with E-state index in [1.807, 2.05) is 19.1 Å². The number of aryl methyl sites for hydroxylation is 1. The van der Waals surface area contributed by atoms with Crippen LogP contribution in [0.4, 0.5) is 0 Å². The minimum Gasteiger partial charge on any atom is -0.387 e. The molecule has 0 aliphatic rings. The zero-order valence-corrected chi connectivity index (χ0v) is 12.5. The molecule has 0 saturated heterocycles. The average Bonchev–Trinajstić information content (AvgIpc) is 2.38. The third-order valence-electron chi connectivity index (χ3n) is 3.10. The molecule has 0 fully saturated rings. The van der Waals surface area contributed by atoms with E-state index in [-0.39, 0.29) is 15.7 Å². The van der Waals surface area contributed by atoms with E-state index < -0.39 is 15.9 Å². The van der Waals surface area contributed by atoms with Gasteiger partial charge in [0, 0.05) is 0 Å². The van der Waals surface area contributed by atoms with Gasteiger partial charge in [-0.15, -0.1) is 0 Å². The highest BCUT2D eigenvalue weighted by Crippen LogP contribution is 2.26. The van der Waals surface area contributed by atoms with Gasteiger partial charge in [-0.25, -0.2) is 8.42 Å². The Hall–Kier alpha value is -1.36. The maximum absolute atomic E-state index is 12.3. The molecule has 2 aromatic rings. The molecule has 2 rings (SSSR count). The number of halogens is 1. The lowest BCUT2D eigenvalue weighted by Gasteiger charge is -2.14. The SMILES string of the molecule is Cc1ccccc1C(O)CS(=O)(=O)c1ccccc1Cl. The van der Waals surface area contributed by atoms with Crippen molar-refractivity contribution in [1.29, 1.82) is 0 Å². The molecule has 1 unspecified atom stereocenters. The highest BCUT2D eigenvalue weighted by molar-refractivity contribution is 7.91. The van der Waals surface area contributed by atoms with Crippen LogP contribution in [0.2, 0.25) is 5.02 Å². The van der Waals surface area contributed by atoms with Crippen molar-refractivity contribution in [3.05, 3.63) is 64.7 Å². The molecule has 106 valence electrons. The van der Waals surface area contributed by atoms with Gasteiger partial charge < -0.3 is 5.11 Å². The van der Waals surface area contributed by atoms with Crippen molar-refractivity contribution in [1.82, 2.24) is 0 Å². The lowest BCUT2D eigenvalue weighted by Crippen LogP contribution is -2.16. The van der Waals surface area contributed by atoms with Gasteiger partial charge in [0.25, 0.3) is 0 Å². The molecule has 20 heavy (non-hydrogen) atoms. The molecule has 0 bridgehead atoms. The van der Waals surface area contributed by atoms with E-state index in [1.165, 1.54) is 12.1 Å². The summed E-state index contributed by atoms with van der Waals surface area (Å²) in [6.45, 7) is 1.83. The smallest absolute Gasteiger partial charge is 0.182 e. The van der Waals surface area contributed by atoms with Crippen LogP contribution in [0, 0.1) is 6.92 Å². The Morgan fingerprint density at radius 1 is 1.10 bits per heavy atom. The third kappa shape index (κ3) is 3.20. The molecular formula is C15H15ClO3S. The predicted molar refractivity (Wildman–Crippen MR) is 79.6 cm³/mol. The highest BCUT2D eigenvalue weighted by atomic mass is 35.5. The van der Waals surface area contributed by atoms with Gasteiger partial charge in [-0.3, -0.25) is 0 Å². The minimum absolute atomic E-state index is 0.0503. The van der Waals surface area contributed by atoms with Crippen LogP contribution in [-0.4, -0.2) is 19.3 Å². The van der Waals surface area contributed by atoms with E-state index >= 15 is 0 Å². The Bertz CT molecular complexity index is 711. The first kappa shape index (κ1) is 15.0.